The summed E-state index contributed by atoms with van der Waals surface area (Å²) in [5, 5.41) is 0. The first-order valence-corrected chi connectivity index (χ1v) is 9.00. The third-order valence-electron chi connectivity index (χ3n) is 4.73. The van der Waals surface area contributed by atoms with Crippen LogP contribution in [-0.2, 0) is 4.79 Å². The van der Waals surface area contributed by atoms with E-state index in [0.29, 0.717) is 5.91 Å². The van der Waals surface area contributed by atoms with Gasteiger partial charge < -0.3 is 9.64 Å². The lowest BCUT2D eigenvalue weighted by atomic mass is 9.96. The van der Waals surface area contributed by atoms with Gasteiger partial charge in [0.15, 0.2) is 0 Å². The fourth-order valence-electron chi connectivity index (χ4n) is 3.35. The maximum absolute atomic E-state index is 12.5. The molecule has 0 saturated carbocycles. The second kappa shape index (κ2) is 9.48. The van der Waals surface area contributed by atoms with Gasteiger partial charge in [-0.2, -0.15) is 0 Å². The summed E-state index contributed by atoms with van der Waals surface area (Å²) in [6.07, 6.45) is 6.39. The molecule has 1 aliphatic heterocycles. The Hall–Kier alpha value is -1.81. The summed E-state index contributed by atoms with van der Waals surface area (Å²) < 4.78 is 5.37. The van der Waals surface area contributed by atoms with Gasteiger partial charge in [-0.25, -0.2) is 0 Å². The quantitative estimate of drug-likeness (QED) is 0.769. The Morgan fingerprint density at radius 1 is 1.33 bits per heavy atom. The third-order valence-corrected chi connectivity index (χ3v) is 4.73. The monoisotopic (exact) mass is 330 g/mol. The molecule has 0 aliphatic carbocycles. The van der Waals surface area contributed by atoms with Crippen LogP contribution in [0.15, 0.2) is 30.3 Å². The lowest BCUT2D eigenvalue weighted by Crippen LogP contribution is -2.44. The van der Waals surface area contributed by atoms with E-state index in [1.807, 2.05) is 23.1 Å². The number of carbonyl (C=O) groups excluding carboxylic acids is 1. The van der Waals surface area contributed by atoms with Crippen molar-refractivity contribution in [3.8, 4) is 5.75 Å². The predicted molar refractivity (Wildman–Crippen MR) is 99.1 cm³/mol. The molecule has 24 heavy (non-hydrogen) atoms. The number of rotatable bonds is 7. The second-order valence-corrected chi connectivity index (χ2v) is 6.25. The molecule has 1 saturated heterocycles. The Kier molecular flexibility index (Phi) is 7.32. The van der Waals surface area contributed by atoms with Crippen LogP contribution >= 0.6 is 0 Å². The SMILES string of the molecule is CCN(CC)C(=O)[C@H]1CCCN(C/C=C/c2ccccc2OC)C1. The maximum atomic E-state index is 12.5. The minimum Gasteiger partial charge on any atom is -0.496 e. The molecule has 1 aromatic rings. The topological polar surface area (TPSA) is 32.8 Å². The molecule has 1 atom stereocenters. The molecule has 4 nitrogen and oxygen atoms in total. The van der Waals surface area contributed by atoms with Gasteiger partial charge in [0, 0.05) is 31.7 Å². The zero-order valence-corrected chi connectivity index (χ0v) is 15.2. The van der Waals surface area contributed by atoms with Crippen LogP contribution in [0.1, 0.15) is 32.3 Å². The first-order chi connectivity index (χ1) is 11.7. The Morgan fingerprint density at radius 2 is 2.08 bits per heavy atom. The Labute approximate surface area is 146 Å². The zero-order chi connectivity index (χ0) is 17.4. The average molecular weight is 330 g/mol. The largest absolute Gasteiger partial charge is 0.496 e. The van der Waals surface area contributed by atoms with Gasteiger partial charge in [-0.05, 0) is 39.3 Å². The Bertz CT molecular complexity index is 552. The van der Waals surface area contributed by atoms with E-state index in [0.717, 1.165) is 56.9 Å². The fraction of sp³-hybridized carbons (Fsp3) is 0.550. The van der Waals surface area contributed by atoms with E-state index < -0.39 is 0 Å². The van der Waals surface area contributed by atoms with E-state index in [2.05, 4.69) is 37.0 Å². The molecular weight excluding hydrogens is 300 g/mol. The van der Waals surface area contributed by atoms with E-state index in [1.54, 1.807) is 7.11 Å². The molecule has 132 valence electrons. The number of piperidine rings is 1. The number of benzene rings is 1. The summed E-state index contributed by atoms with van der Waals surface area (Å²) in [7, 11) is 1.70. The van der Waals surface area contributed by atoms with Gasteiger partial charge in [-0.3, -0.25) is 9.69 Å². The van der Waals surface area contributed by atoms with Gasteiger partial charge >= 0.3 is 0 Å². The normalized spacial score (nSPS) is 18.7. The van der Waals surface area contributed by atoms with E-state index in [4.69, 9.17) is 4.74 Å². The smallest absolute Gasteiger partial charge is 0.226 e. The highest BCUT2D eigenvalue weighted by Crippen LogP contribution is 2.21. The molecule has 1 amide bonds. The van der Waals surface area contributed by atoms with Crippen molar-refractivity contribution < 1.29 is 9.53 Å². The van der Waals surface area contributed by atoms with Crippen molar-refractivity contribution in [2.24, 2.45) is 5.92 Å². The minimum absolute atomic E-state index is 0.151. The number of carbonyl (C=O) groups is 1. The minimum atomic E-state index is 0.151. The van der Waals surface area contributed by atoms with Gasteiger partial charge in [0.1, 0.15) is 5.75 Å². The molecular formula is C20H30N2O2. The van der Waals surface area contributed by atoms with Crippen molar-refractivity contribution in [2.75, 3.05) is 39.8 Å². The fourth-order valence-corrected chi connectivity index (χ4v) is 3.35. The molecule has 0 bridgehead atoms. The van der Waals surface area contributed by atoms with Crippen molar-refractivity contribution in [1.29, 1.82) is 0 Å². The van der Waals surface area contributed by atoms with Crippen molar-refractivity contribution in [2.45, 2.75) is 26.7 Å². The highest BCUT2D eigenvalue weighted by Gasteiger charge is 2.27. The van der Waals surface area contributed by atoms with Crippen molar-refractivity contribution in [1.82, 2.24) is 9.80 Å². The summed E-state index contributed by atoms with van der Waals surface area (Å²) in [6.45, 7) is 8.53. The second-order valence-electron chi connectivity index (χ2n) is 6.25. The Balaban J connectivity index is 1.91. The van der Waals surface area contributed by atoms with Crippen LogP contribution in [0.3, 0.4) is 0 Å². The van der Waals surface area contributed by atoms with Gasteiger partial charge in [-0.15, -0.1) is 0 Å². The van der Waals surface area contributed by atoms with E-state index in [9.17, 15) is 4.79 Å². The van der Waals surface area contributed by atoms with Crippen molar-refractivity contribution in [3.05, 3.63) is 35.9 Å². The lowest BCUT2D eigenvalue weighted by molar-refractivity contribution is -0.136. The molecule has 0 unspecified atom stereocenters. The number of amides is 1. The molecule has 0 aromatic heterocycles. The number of methoxy groups -OCH3 is 1. The highest BCUT2D eigenvalue weighted by molar-refractivity contribution is 5.79. The van der Waals surface area contributed by atoms with Crippen LogP contribution in [0.5, 0.6) is 5.75 Å². The van der Waals surface area contributed by atoms with E-state index in [-0.39, 0.29) is 5.92 Å². The lowest BCUT2D eigenvalue weighted by Gasteiger charge is -2.33. The van der Waals surface area contributed by atoms with Crippen LogP contribution in [0, 0.1) is 5.92 Å². The molecule has 1 fully saturated rings. The van der Waals surface area contributed by atoms with Crippen molar-refractivity contribution >= 4 is 12.0 Å². The molecule has 0 N–H and O–H groups in total. The summed E-state index contributed by atoms with van der Waals surface area (Å²) in [5.74, 6) is 1.36. The first kappa shape index (κ1) is 18.5. The standard InChI is InChI=1S/C20H30N2O2/c1-4-22(5-2)20(23)18-12-9-15-21(16-18)14-8-11-17-10-6-7-13-19(17)24-3/h6-8,10-11,13,18H,4-5,9,12,14-16H2,1-3H3/b11-8+/t18-/m0/s1. The summed E-state index contributed by atoms with van der Waals surface area (Å²) in [5.41, 5.74) is 1.09. The molecule has 4 heteroatoms. The van der Waals surface area contributed by atoms with Crippen molar-refractivity contribution in [3.63, 3.8) is 0 Å². The average Bonchev–Trinajstić information content (AvgIpc) is 2.63. The van der Waals surface area contributed by atoms with Gasteiger partial charge in [0.25, 0.3) is 0 Å². The Morgan fingerprint density at radius 3 is 2.79 bits per heavy atom. The van der Waals surface area contributed by atoms with E-state index in [1.165, 1.54) is 0 Å². The van der Waals surface area contributed by atoms with Crippen LogP contribution in [0.2, 0.25) is 0 Å². The number of nitrogens with zero attached hydrogens (tertiary/aromatic N) is 2. The van der Waals surface area contributed by atoms with Crippen LogP contribution in [0.25, 0.3) is 6.08 Å². The summed E-state index contributed by atoms with van der Waals surface area (Å²) in [4.78, 5) is 16.9. The molecule has 1 heterocycles. The van der Waals surface area contributed by atoms with Crippen LogP contribution < -0.4 is 4.74 Å². The van der Waals surface area contributed by atoms with Gasteiger partial charge in [-0.1, -0.05) is 30.4 Å². The molecule has 1 aliphatic rings. The van der Waals surface area contributed by atoms with Crippen LogP contribution in [0.4, 0.5) is 0 Å². The first-order valence-electron chi connectivity index (χ1n) is 9.00. The van der Waals surface area contributed by atoms with Gasteiger partial charge in [0.2, 0.25) is 5.91 Å². The summed E-state index contributed by atoms with van der Waals surface area (Å²) >= 11 is 0. The third kappa shape index (κ3) is 4.84. The number of hydrogen-bond donors (Lipinski definition) is 0. The number of para-hydroxylation sites is 1. The maximum Gasteiger partial charge on any atom is 0.226 e. The summed E-state index contributed by atoms with van der Waals surface area (Å²) in [6, 6.07) is 8.02. The van der Waals surface area contributed by atoms with Crippen LogP contribution in [-0.4, -0.2) is 55.5 Å². The van der Waals surface area contributed by atoms with Gasteiger partial charge in [0.05, 0.1) is 13.0 Å². The number of likely N-dealkylation sites (tertiary alicyclic amines) is 1. The molecule has 0 radical (unpaired) electrons. The number of ether oxygens (including phenoxy) is 1. The zero-order valence-electron chi connectivity index (χ0n) is 15.2. The van der Waals surface area contributed by atoms with E-state index >= 15 is 0 Å². The molecule has 0 spiro atoms. The highest BCUT2D eigenvalue weighted by atomic mass is 16.5. The predicted octanol–water partition coefficient (Wildman–Crippen LogP) is 3.29. The molecule has 2 rings (SSSR count). The number of hydrogen-bond acceptors (Lipinski definition) is 3. The molecule has 1 aromatic carbocycles.